The zero-order valence-electron chi connectivity index (χ0n) is 10.6. The van der Waals surface area contributed by atoms with E-state index in [4.69, 9.17) is 0 Å². The lowest BCUT2D eigenvalue weighted by Gasteiger charge is -2.15. The molecule has 1 heterocycles. The average molecular weight is 242 g/mol. The third kappa shape index (κ3) is 5.01. The second kappa shape index (κ2) is 6.93. The van der Waals surface area contributed by atoms with Crippen LogP contribution >= 0.6 is 11.5 Å². The number of rotatable bonds is 7. The summed E-state index contributed by atoms with van der Waals surface area (Å²) in [5, 5.41) is 10.9. The first-order valence-corrected chi connectivity index (χ1v) is 6.59. The SMILES string of the molecule is Cc1nnsc1CNC(C)CNCC(C)C. The van der Waals surface area contributed by atoms with Crippen molar-refractivity contribution in [2.45, 2.75) is 40.3 Å². The van der Waals surface area contributed by atoms with Gasteiger partial charge in [-0.15, -0.1) is 5.10 Å². The van der Waals surface area contributed by atoms with Crippen LogP contribution in [0.4, 0.5) is 0 Å². The van der Waals surface area contributed by atoms with E-state index in [2.05, 4.69) is 41.0 Å². The topological polar surface area (TPSA) is 49.8 Å². The molecule has 0 saturated carbocycles. The Labute approximate surface area is 102 Å². The van der Waals surface area contributed by atoms with Crippen LogP contribution in [-0.4, -0.2) is 28.7 Å². The first-order chi connectivity index (χ1) is 7.59. The largest absolute Gasteiger partial charge is 0.315 e. The molecule has 1 aromatic rings. The molecule has 0 bridgehead atoms. The molecule has 1 rings (SSSR count). The lowest BCUT2D eigenvalue weighted by Crippen LogP contribution is -2.37. The molecule has 0 saturated heterocycles. The number of aromatic nitrogens is 2. The molecular weight excluding hydrogens is 220 g/mol. The molecule has 0 aliphatic heterocycles. The Kier molecular flexibility index (Phi) is 5.87. The Morgan fingerprint density at radius 3 is 2.56 bits per heavy atom. The third-order valence-corrected chi connectivity index (χ3v) is 3.18. The summed E-state index contributed by atoms with van der Waals surface area (Å²) in [4.78, 5) is 1.23. The van der Waals surface area contributed by atoms with Crippen molar-refractivity contribution in [3.63, 3.8) is 0 Å². The monoisotopic (exact) mass is 242 g/mol. The van der Waals surface area contributed by atoms with Gasteiger partial charge in [0.15, 0.2) is 0 Å². The van der Waals surface area contributed by atoms with Crippen molar-refractivity contribution < 1.29 is 0 Å². The molecule has 0 aliphatic rings. The van der Waals surface area contributed by atoms with Crippen molar-refractivity contribution in [1.82, 2.24) is 20.2 Å². The van der Waals surface area contributed by atoms with Gasteiger partial charge in [0.05, 0.1) is 10.6 Å². The minimum absolute atomic E-state index is 0.472. The fourth-order valence-electron chi connectivity index (χ4n) is 1.34. The highest BCUT2D eigenvalue weighted by Gasteiger charge is 2.05. The standard InChI is InChI=1S/C11H22N4S/c1-8(2)5-12-6-9(3)13-7-11-10(4)14-15-16-11/h8-9,12-13H,5-7H2,1-4H3. The minimum Gasteiger partial charge on any atom is -0.315 e. The van der Waals surface area contributed by atoms with Crippen LogP contribution in [0.2, 0.25) is 0 Å². The quantitative estimate of drug-likeness (QED) is 0.762. The Morgan fingerprint density at radius 2 is 2.00 bits per heavy atom. The second-order valence-corrected chi connectivity index (χ2v) is 5.45. The van der Waals surface area contributed by atoms with Gasteiger partial charge in [0, 0.05) is 19.1 Å². The maximum absolute atomic E-state index is 3.99. The Hall–Kier alpha value is -0.520. The molecule has 1 aromatic heterocycles. The summed E-state index contributed by atoms with van der Waals surface area (Å²) in [5.41, 5.74) is 1.04. The number of hydrogen-bond acceptors (Lipinski definition) is 5. The summed E-state index contributed by atoms with van der Waals surface area (Å²) in [6.07, 6.45) is 0. The van der Waals surface area contributed by atoms with Crippen LogP contribution in [0.1, 0.15) is 31.3 Å². The van der Waals surface area contributed by atoms with E-state index < -0.39 is 0 Å². The van der Waals surface area contributed by atoms with E-state index in [-0.39, 0.29) is 0 Å². The van der Waals surface area contributed by atoms with E-state index in [1.807, 2.05) is 6.92 Å². The highest BCUT2D eigenvalue weighted by atomic mass is 32.1. The summed E-state index contributed by atoms with van der Waals surface area (Å²) in [5.74, 6) is 0.708. The Morgan fingerprint density at radius 1 is 1.25 bits per heavy atom. The molecule has 2 N–H and O–H groups in total. The van der Waals surface area contributed by atoms with E-state index in [9.17, 15) is 0 Å². The van der Waals surface area contributed by atoms with Gasteiger partial charge in [-0.05, 0) is 37.8 Å². The lowest BCUT2D eigenvalue weighted by atomic mass is 10.2. The Bertz CT molecular complexity index is 298. The van der Waals surface area contributed by atoms with E-state index in [1.54, 1.807) is 0 Å². The number of aryl methyl sites for hydroxylation is 1. The molecule has 4 nitrogen and oxygen atoms in total. The highest BCUT2D eigenvalue weighted by molar-refractivity contribution is 7.05. The van der Waals surface area contributed by atoms with Gasteiger partial charge in [-0.1, -0.05) is 18.3 Å². The van der Waals surface area contributed by atoms with Crippen LogP contribution in [0, 0.1) is 12.8 Å². The van der Waals surface area contributed by atoms with Gasteiger partial charge < -0.3 is 10.6 Å². The van der Waals surface area contributed by atoms with Crippen LogP contribution in [0.5, 0.6) is 0 Å². The normalized spacial score (nSPS) is 13.3. The van der Waals surface area contributed by atoms with Crippen LogP contribution in [0.3, 0.4) is 0 Å². The van der Waals surface area contributed by atoms with Crippen molar-refractivity contribution in [1.29, 1.82) is 0 Å². The number of nitrogens with zero attached hydrogens (tertiary/aromatic N) is 2. The van der Waals surface area contributed by atoms with Gasteiger partial charge in [-0.2, -0.15) is 0 Å². The van der Waals surface area contributed by atoms with Crippen LogP contribution in [-0.2, 0) is 6.54 Å². The predicted octanol–water partition coefficient (Wildman–Crippen LogP) is 1.57. The Balaban J connectivity index is 2.15. The molecule has 5 heteroatoms. The molecule has 0 fully saturated rings. The van der Waals surface area contributed by atoms with Crippen molar-refractivity contribution in [2.24, 2.45) is 5.92 Å². The summed E-state index contributed by atoms with van der Waals surface area (Å²) >= 11 is 1.48. The molecule has 0 spiro atoms. The summed E-state index contributed by atoms with van der Waals surface area (Å²) in [7, 11) is 0. The van der Waals surface area contributed by atoms with Crippen LogP contribution < -0.4 is 10.6 Å². The smallest absolute Gasteiger partial charge is 0.0769 e. The number of hydrogen-bond donors (Lipinski definition) is 2. The van der Waals surface area contributed by atoms with E-state index in [1.165, 1.54) is 16.4 Å². The number of nitrogens with one attached hydrogen (secondary N) is 2. The van der Waals surface area contributed by atoms with Crippen molar-refractivity contribution in [3.8, 4) is 0 Å². The minimum atomic E-state index is 0.472. The van der Waals surface area contributed by atoms with E-state index in [0.717, 1.165) is 25.3 Å². The highest BCUT2D eigenvalue weighted by Crippen LogP contribution is 2.08. The molecule has 16 heavy (non-hydrogen) atoms. The van der Waals surface area contributed by atoms with Crippen LogP contribution in [0.15, 0.2) is 0 Å². The van der Waals surface area contributed by atoms with Crippen molar-refractivity contribution in [2.75, 3.05) is 13.1 Å². The lowest BCUT2D eigenvalue weighted by molar-refractivity contribution is 0.473. The zero-order valence-corrected chi connectivity index (χ0v) is 11.4. The predicted molar refractivity (Wildman–Crippen MR) is 68.7 cm³/mol. The molecule has 0 aliphatic carbocycles. The maximum atomic E-state index is 3.99. The van der Waals surface area contributed by atoms with E-state index >= 15 is 0 Å². The first kappa shape index (κ1) is 13.5. The van der Waals surface area contributed by atoms with Gasteiger partial charge in [0.1, 0.15) is 0 Å². The summed E-state index contributed by atoms with van der Waals surface area (Å²) < 4.78 is 3.92. The van der Waals surface area contributed by atoms with Gasteiger partial charge in [0.2, 0.25) is 0 Å². The fourth-order valence-corrected chi connectivity index (χ4v) is 1.92. The summed E-state index contributed by atoms with van der Waals surface area (Å²) in [6, 6.07) is 0.472. The molecule has 0 amide bonds. The first-order valence-electron chi connectivity index (χ1n) is 5.81. The molecule has 1 atom stereocenters. The second-order valence-electron chi connectivity index (χ2n) is 4.62. The van der Waals surface area contributed by atoms with Crippen molar-refractivity contribution >= 4 is 11.5 Å². The van der Waals surface area contributed by atoms with Crippen LogP contribution in [0.25, 0.3) is 0 Å². The van der Waals surface area contributed by atoms with Gasteiger partial charge in [-0.25, -0.2) is 0 Å². The third-order valence-electron chi connectivity index (χ3n) is 2.36. The summed E-state index contributed by atoms with van der Waals surface area (Å²) in [6.45, 7) is 11.6. The van der Waals surface area contributed by atoms with Gasteiger partial charge in [-0.3, -0.25) is 0 Å². The van der Waals surface area contributed by atoms with Gasteiger partial charge >= 0.3 is 0 Å². The van der Waals surface area contributed by atoms with Gasteiger partial charge in [0.25, 0.3) is 0 Å². The maximum Gasteiger partial charge on any atom is 0.0769 e. The zero-order chi connectivity index (χ0) is 12.0. The van der Waals surface area contributed by atoms with E-state index in [0.29, 0.717) is 12.0 Å². The molecular formula is C11H22N4S. The molecule has 92 valence electrons. The molecule has 0 radical (unpaired) electrons. The fraction of sp³-hybridized carbons (Fsp3) is 0.818. The average Bonchev–Trinajstić information content (AvgIpc) is 2.60. The molecule has 1 unspecified atom stereocenters. The van der Waals surface area contributed by atoms with Crippen molar-refractivity contribution in [3.05, 3.63) is 10.6 Å². The molecule has 0 aromatic carbocycles.